The smallest absolute Gasteiger partial charge is 0.0457 e. The predicted molar refractivity (Wildman–Crippen MR) is 75.7 cm³/mol. The Morgan fingerprint density at radius 3 is 2.83 bits per heavy atom. The van der Waals surface area contributed by atoms with Crippen LogP contribution in [0, 0.1) is 0 Å². The summed E-state index contributed by atoms with van der Waals surface area (Å²) in [5.74, 6) is 0.697. The van der Waals surface area contributed by atoms with E-state index in [1.807, 2.05) is 0 Å². The van der Waals surface area contributed by atoms with E-state index in [0.29, 0.717) is 12.5 Å². The molecule has 1 fully saturated rings. The zero-order valence-corrected chi connectivity index (χ0v) is 10.9. The van der Waals surface area contributed by atoms with Crippen LogP contribution < -0.4 is 5.73 Å². The van der Waals surface area contributed by atoms with Crippen molar-refractivity contribution in [3.05, 3.63) is 35.5 Å². The molecule has 1 aromatic heterocycles. The molecular formula is C15H21N3. The first-order valence-electron chi connectivity index (χ1n) is 6.76. The Balaban J connectivity index is 1.96. The molecule has 3 nitrogen and oxygen atoms in total. The first kappa shape index (κ1) is 11.8. The molecule has 0 aliphatic carbocycles. The van der Waals surface area contributed by atoms with E-state index in [1.54, 1.807) is 0 Å². The van der Waals surface area contributed by atoms with Crippen molar-refractivity contribution in [2.45, 2.75) is 25.3 Å². The van der Waals surface area contributed by atoms with Gasteiger partial charge in [-0.2, -0.15) is 0 Å². The molecule has 0 radical (unpaired) electrons. The summed E-state index contributed by atoms with van der Waals surface area (Å²) in [4.78, 5) is 5.81. The van der Waals surface area contributed by atoms with Crippen molar-refractivity contribution in [3.63, 3.8) is 0 Å². The molecule has 18 heavy (non-hydrogen) atoms. The van der Waals surface area contributed by atoms with Crippen molar-refractivity contribution in [2.75, 3.05) is 20.1 Å². The molecule has 0 amide bonds. The van der Waals surface area contributed by atoms with Crippen LogP contribution in [0.2, 0.25) is 0 Å². The molecule has 1 aliphatic rings. The third-order valence-electron chi connectivity index (χ3n) is 4.17. The molecule has 1 saturated heterocycles. The van der Waals surface area contributed by atoms with E-state index < -0.39 is 0 Å². The monoisotopic (exact) mass is 243 g/mol. The summed E-state index contributed by atoms with van der Waals surface area (Å²) in [6.07, 6.45) is 4.72. The van der Waals surface area contributed by atoms with E-state index in [4.69, 9.17) is 5.73 Å². The molecule has 0 atom stereocenters. The average molecular weight is 243 g/mol. The molecule has 3 heteroatoms. The fourth-order valence-electron chi connectivity index (χ4n) is 2.97. The minimum absolute atomic E-state index is 0.619. The molecule has 3 rings (SSSR count). The number of H-pyrrole nitrogens is 1. The number of aromatic amines is 1. The first-order chi connectivity index (χ1) is 8.78. The summed E-state index contributed by atoms with van der Waals surface area (Å²) in [6, 6.07) is 6.51. The van der Waals surface area contributed by atoms with Gasteiger partial charge in [-0.1, -0.05) is 6.07 Å². The third-order valence-corrected chi connectivity index (χ3v) is 4.17. The number of nitrogens with zero attached hydrogens (tertiary/aromatic N) is 1. The van der Waals surface area contributed by atoms with Crippen LogP contribution in [0.4, 0.5) is 0 Å². The lowest BCUT2D eigenvalue weighted by atomic mass is 9.89. The number of hydrogen-bond acceptors (Lipinski definition) is 2. The van der Waals surface area contributed by atoms with Gasteiger partial charge < -0.3 is 15.6 Å². The van der Waals surface area contributed by atoms with Gasteiger partial charge in [0, 0.05) is 23.6 Å². The number of aromatic nitrogens is 1. The second-order valence-electron chi connectivity index (χ2n) is 5.41. The van der Waals surface area contributed by atoms with E-state index in [2.05, 4.69) is 41.3 Å². The number of fused-ring (bicyclic) bond motifs is 1. The number of piperidine rings is 1. The summed E-state index contributed by atoms with van der Waals surface area (Å²) in [5.41, 5.74) is 9.68. The molecule has 1 aromatic carbocycles. The second kappa shape index (κ2) is 4.75. The Bertz CT molecular complexity index is 536. The van der Waals surface area contributed by atoms with E-state index in [9.17, 15) is 0 Å². The third kappa shape index (κ3) is 2.04. The highest BCUT2D eigenvalue weighted by Crippen LogP contribution is 2.33. The van der Waals surface area contributed by atoms with Crippen LogP contribution in [0.1, 0.15) is 29.9 Å². The average Bonchev–Trinajstić information content (AvgIpc) is 2.82. The maximum absolute atomic E-state index is 5.74. The summed E-state index contributed by atoms with van der Waals surface area (Å²) >= 11 is 0. The molecule has 1 aliphatic heterocycles. The van der Waals surface area contributed by atoms with Crippen LogP contribution >= 0.6 is 0 Å². The fourth-order valence-corrected chi connectivity index (χ4v) is 2.97. The minimum Gasteiger partial charge on any atom is -0.361 e. The molecule has 0 unspecified atom stereocenters. The molecule has 0 saturated carbocycles. The van der Waals surface area contributed by atoms with E-state index in [1.165, 1.54) is 48.0 Å². The highest BCUT2D eigenvalue weighted by molar-refractivity contribution is 5.84. The van der Waals surface area contributed by atoms with Gasteiger partial charge in [-0.15, -0.1) is 0 Å². The molecular weight excluding hydrogens is 222 g/mol. The number of hydrogen-bond donors (Lipinski definition) is 2. The van der Waals surface area contributed by atoms with E-state index in [-0.39, 0.29) is 0 Å². The Labute approximate surface area is 108 Å². The lowest BCUT2D eigenvalue weighted by molar-refractivity contribution is 0.256. The van der Waals surface area contributed by atoms with Gasteiger partial charge in [-0.25, -0.2) is 0 Å². The van der Waals surface area contributed by atoms with Crippen LogP contribution in [0.25, 0.3) is 10.9 Å². The van der Waals surface area contributed by atoms with Crippen molar-refractivity contribution in [2.24, 2.45) is 5.73 Å². The molecule has 2 heterocycles. The lowest BCUT2D eigenvalue weighted by Crippen LogP contribution is -2.29. The van der Waals surface area contributed by atoms with Gasteiger partial charge >= 0.3 is 0 Å². The van der Waals surface area contributed by atoms with Gasteiger partial charge in [0.2, 0.25) is 0 Å². The largest absolute Gasteiger partial charge is 0.361 e. The summed E-state index contributed by atoms with van der Waals surface area (Å²) in [7, 11) is 2.21. The highest BCUT2D eigenvalue weighted by atomic mass is 15.1. The quantitative estimate of drug-likeness (QED) is 0.851. The standard InChI is InChI=1S/C15H21N3/c1-18-6-4-12(5-7-18)14-10-17-15-3-2-11(9-16)8-13(14)15/h2-3,8,10,12,17H,4-7,9,16H2,1H3. The lowest BCUT2D eigenvalue weighted by Gasteiger charge is -2.28. The van der Waals surface area contributed by atoms with Crippen molar-refractivity contribution < 1.29 is 0 Å². The molecule has 0 bridgehead atoms. The SMILES string of the molecule is CN1CCC(c2c[nH]c3ccc(CN)cc23)CC1. The van der Waals surface area contributed by atoms with Gasteiger partial charge in [-0.05, 0) is 62.2 Å². The number of likely N-dealkylation sites (tertiary alicyclic amines) is 1. The molecule has 3 N–H and O–H groups in total. The number of nitrogens with one attached hydrogen (secondary N) is 1. The zero-order valence-electron chi connectivity index (χ0n) is 10.9. The minimum atomic E-state index is 0.619. The predicted octanol–water partition coefficient (Wildman–Crippen LogP) is 2.44. The number of nitrogens with two attached hydrogens (primary N) is 1. The van der Waals surface area contributed by atoms with Crippen LogP contribution in [0.5, 0.6) is 0 Å². The van der Waals surface area contributed by atoms with Crippen LogP contribution in [-0.4, -0.2) is 30.0 Å². The number of rotatable bonds is 2. The zero-order chi connectivity index (χ0) is 12.5. The first-order valence-corrected chi connectivity index (χ1v) is 6.76. The Morgan fingerprint density at radius 1 is 1.33 bits per heavy atom. The van der Waals surface area contributed by atoms with Gasteiger partial charge in [0.25, 0.3) is 0 Å². The second-order valence-corrected chi connectivity index (χ2v) is 5.41. The van der Waals surface area contributed by atoms with Gasteiger partial charge in [-0.3, -0.25) is 0 Å². The van der Waals surface area contributed by atoms with Crippen molar-refractivity contribution >= 4 is 10.9 Å². The summed E-state index contributed by atoms with van der Waals surface area (Å²) < 4.78 is 0. The molecule has 96 valence electrons. The Kier molecular flexibility index (Phi) is 3.10. The molecule has 0 spiro atoms. The van der Waals surface area contributed by atoms with Gasteiger partial charge in [0.05, 0.1) is 0 Å². The fraction of sp³-hybridized carbons (Fsp3) is 0.467. The van der Waals surface area contributed by atoms with Crippen molar-refractivity contribution in [1.82, 2.24) is 9.88 Å². The van der Waals surface area contributed by atoms with Gasteiger partial charge in [0.1, 0.15) is 0 Å². The van der Waals surface area contributed by atoms with Crippen LogP contribution in [0.3, 0.4) is 0 Å². The maximum Gasteiger partial charge on any atom is 0.0457 e. The Hall–Kier alpha value is -1.32. The van der Waals surface area contributed by atoms with E-state index in [0.717, 1.165) is 0 Å². The topological polar surface area (TPSA) is 45.0 Å². The summed E-state index contributed by atoms with van der Waals surface area (Å²) in [6.45, 7) is 3.02. The number of benzene rings is 1. The van der Waals surface area contributed by atoms with Crippen molar-refractivity contribution in [3.8, 4) is 0 Å². The Morgan fingerprint density at radius 2 is 2.11 bits per heavy atom. The summed E-state index contributed by atoms with van der Waals surface area (Å²) in [5, 5.41) is 1.37. The molecule has 2 aromatic rings. The van der Waals surface area contributed by atoms with Crippen LogP contribution in [-0.2, 0) is 6.54 Å². The highest BCUT2D eigenvalue weighted by Gasteiger charge is 2.20. The van der Waals surface area contributed by atoms with Gasteiger partial charge in [0.15, 0.2) is 0 Å². The van der Waals surface area contributed by atoms with Crippen LogP contribution in [0.15, 0.2) is 24.4 Å². The normalized spacial score (nSPS) is 18.6. The maximum atomic E-state index is 5.74. The van der Waals surface area contributed by atoms with Crippen molar-refractivity contribution in [1.29, 1.82) is 0 Å². The van der Waals surface area contributed by atoms with E-state index >= 15 is 0 Å².